The fraction of sp³-hybridized carbons (Fsp3) is 0.250. The van der Waals surface area contributed by atoms with Gasteiger partial charge in [-0.25, -0.2) is 0 Å². The van der Waals surface area contributed by atoms with E-state index < -0.39 is 12.1 Å². The summed E-state index contributed by atoms with van der Waals surface area (Å²) in [6.45, 7) is 3.63. The zero-order valence-corrected chi connectivity index (χ0v) is 13.5. The molecule has 21 heavy (non-hydrogen) atoms. The largest absolute Gasteiger partial charge is 0.386 e. The van der Waals surface area contributed by atoms with Gasteiger partial charge in [-0.2, -0.15) is 0 Å². The second-order valence-corrected chi connectivity index (χ2v) is 5.86. The minimum atomic E-state index is -0.763. The van der Waals surface area contributed by atoms with Crippen LogP contribution in [0.15, 0.2) is 47.1 Å². The summed E-state index contributed by atoms with van der Waals surface area (Å²) in [5.41, 5.74) is 2.10. The third kappa shape index (κ3) is 4.12. The van der Waals surface area contributed by atoms with E-state index in [1.165, 1.54) is 6.20 Å². The fourth-order valence-electron chi connectivity index (χ4n) is 1.92. The molecule has 0 radical (unpaired) electrons. The number of pyridine rings is 1. The first kappa shape index (κ1) is 15.7. The average molecular weight is 349 g/mol. The van der Waals surface area contributed by atoms with Gasteiger partial charge in [-0.15, -0.1) is 0 Å². The Morgan fingerprint density at radius 3 is 2.48 bits per heavy atom. The molecular formula is C16H17BrN2O2. The summed E-state index contributed by atoms with van der Waals surface area (Å²) in [7, 11) is 0. The maximum absolute atomic E-state index is 12.1. The lowest BCUT2D eigenvalue weighted by atomic mass is 10.0. The SMILES string of the molecule is Cc1ccc(C(=O)NC(C)C(O)c2ccc(Br)cc2)cn1. The van der Waals surface area contributed by atoms with E-state index in [4.69, 9.17) is 0 Å². The smallest absolute Gasteiger partial charge is 0.253 e. The van der Waals surface area contributed by atoms with Gasteiger partial charge in [-0.1, -0.05) is 28.1 Å². The van der Waals surface area contributed by atoms with E-state index in [9.17, 15) is 9.90 Å². The molecule has 2 aromatic rings. The van der Waals surface area contributed by atoms with E-state index in [1.54, 1.807) is 19.1 Å². The summed E-state index contributed by atoms with van der Waals surface area (Å²) in [6.07, 6.45) is 0.768. The quantitative estimate of drug-likeness (QED) is 0.892. The molecule has 1 aromatic carbocycles. The number of aliphatic hydroxyl groups is 1. The van der Waals surface area contributed by atoms with Crippen LogP contribution in [0, 0.1) is 6.92 Å². The van der Waals surface area contributed by atoms with Crippen LogP contribution >= 0.6 is 15.9 Å². The van der Waals surface area contributed by atoms with Crippen LogP contribution in [0.4, 0.5) is 0 Å². The van der Waals surface area contributed by atoms with Crippen LogP contribution in [0.25, 0.3) is 0 Å². The Labute approximate surface area is 132 Å². The van der Waals surface area contributed by atoms with Gasteiger partial charge in [0.25, 0.3) is 5.91 Å². The minimum Gasteiger partial charge on any atom is -0.386 e. The van der Waals surface area contributed by atoms with E-state index in [-0.39, 0.29) is 5.91 Å². The predicted octanol–water partition coefficient (Wildman–Crippen LogP) is 3.00. The van der Waals surface area contributed by atoms with E-state index in [0.29, 0.717) is 5.56 Å². The second kappa shape index (κ2) is 6.83. The van der Waals surface area contributed by atoms with E-state index >= 15 is 0 Å². The summed E-state index contributed by atoms with van der Waals surface area (Å²) in [4.78, 5) is 16.2. The van der Waals surface area contributed by atoms with Gasteiger partial charge < -0.3 is 10.4 Å². The van der Waals surface area contributed by atoms with Gasteiger partial charge >= 0.3 is 0 Å². The van der Waals surface area contributed by atoms with Crippen molar-refractivity contribution < 1.29 is 9.90 Å². The summed E-state index contributed by atoms with van der Waals surface area (Å²) in [5.74, 6) is -0.244. The summed E-state index contributed by atoms with van der Waals surface area (Å²) < 4.78 is 0.945. The van der Waals surface area contributed by atoms with Crippen molar-refractivity contribution in [3.05, 3.63) is 63.9 Å². The van der Waals surface area contributed by atoms with Crippen molar-refractivity contribution in [2.45, 2.75) is 26.0 Å². The van der Waals surface area contributed by atoms with Crippen molar-refractivity contribution in [1.29, 1.82) is 0 Å². The third-order valence-corrected chi connectivity index (χ3v) is 3.75. The molecule has 0 bridgehead atoms. The number of nitrogens with zero attached hydrogens (tertiary/aromatic N) is 1. The van der Waals surface area contributed by atoms with Gasteiger partial charge in [0.2, 0.25) is 0 Å². The predicted molar refractivity (Wildman–Crippen MR) is 85.0 cm³/mol. The third-order valence-electron chi connectivity index (χ3n) is 3.22. The molecule has 2 N–H and O–H groups in total. The topological polar surface area (TPSA) is 62.2 Å². The Balaban J connectivity index is 2.03. The summed E-state index contributed by atoms with van der Waals surface area (Å²) in [6, 6.07) is 10.5. The van der Waals surface area contributed by atoms with Crippen LogP contribution < -0.4 is 5.32 Å². The molecule has 2 rings (SSSR count). The van der Waals surface area contributed by atoms with Crippen LogP contribution in [0.5, 0.6) is 0 Å². The molecule has 2 unspecified atom stereocenters. The number of carbonyl (C=O) groups is 1. The second-order valence-electron chi connectivity index (χ2n) is 4.95. The van der Waals surface area contributed by atoms with Crippen LogP contribution in [0.3, 0.4) is 0 Å². The first-order chi connectivity index (χ1) is 9.97. The van der Waals surface area contributed by atoms with Crippen LogP contribution in [-0.2, 0) is 0 Å². The molecule has 1 aromatic heterocycles. The van der Waals surface area contributed by atoms with Gasteiger partial charge in [0, 0.05) is 16.4 Å². The lowest BCUT2D eigenvalue weighted by Crippen LogP contribution is -2.37. The van der Waals surface area contributed by atoms with E-state index in [2.05, 4.69) is 26.2 Å². The van der Waals surface area contributed by atoms with Gasteiger partial charge in [-0.05, 0) is 43.7 Å². The van der Waals surface area contributed by atoms with Crippen molar-refractivity contribution >= 4 is 21.8 Å². The molecule has 0 fully saturated rings. The number of amides is 1. The summed E-state index contributed by atoms with van der Waals surface area (Å²) in [5, 5.41) is 13.1. The van der Waals surface area contributed by atoms with Gasteiger partial charge in [0.15, 0.2) is 0 Å². The van der Waals surface area contributed by atoms with Crippen molar-refractivity contribution in [3.63, 3.8) is 0 Å². The molecule has 0 aliphatic heterocycles. The average Bonchev–Trinajstić information content (AvgIpc) is 2.47. The van der Waals surface area contributed by atoms with Gasteiger partial charge in [0.1, 0.15) is 0 Å². The summed E-state index contributed by atoms with van der Waals surface area (Å²) >= 11 is 3.35. The fourth-order valence-corrected chi connectivity index (χ4v) is 2.18. The maximum Gasteiger partial charge on any atom is 0.253 e. The standard InChI is InChI=1S/C16H17BrN2O2/c1-10-3-4-13(9-18-10)16(21)19-11(2)15(20)12-5-7-14(17)8-6-12/h3-9,11,15,20H,1-2H3,(H,19,21). The number of carbonyl (C=O) groups excluding carboxylic acids is 1. The molecule has 0 aliphatic carbocycles. The number of rotatable bonds is 4. The molecule has 0 saturated carbocycles. The number of aromatic nitrogens is 1. The first-order valence-corrected chi connectivity index (χ1v) is 7.43. The highest BCUT2D eigenvalue weighted by Gasteiger charge is 2.19. The molecule has 2 atom stereocenters. The Morgan fingerprint density at radius 2 is 1.90 bits per heavy atom. The zero-order valence-electron chi connectivity index (χ0n) is 11.9. The highest BCUT2D eigenvalue weighted by atomic mass is 79.9. The number of nitrogens with one attached hydrogen (secondary N) is 1. The zero-order chi connectivity index (χ0) is 15.4. The first-order valence-electron chi connectivity index (χ1n) is 6.64. The normalized spacial score (nSPS) is 13.5. The van der Waals surface area contributed by atoms with Gasteiger partial charge in [-0.3, -0.25) is 9.78 Å². The molecule has 1 amide bonds. The highest BCUT2D eigenvalue weighted by molar-refractivity contribution is 9.10. The lowest BCUT2D eigenvalue weighted by molar-refractivity contribution is 0.0851. The number of hydrogen-bond acceptors (Lipinski definition) is 3. The Bertz CT molecular complexity index is 611. The van der Waals surface area contributed by atoms with Crippen molar-refractivity contribution in [2.75, 3.05) is 0 Å². The molecule has 110 valence electrons. The number of aliphatic hydroxyl groups excluding tert-OH is 1. The van der Waals surface area contributed by atoms with Crippen molar-refractivity contribution in [1.82, 2.24) is 10.3 Å². The lowest BCUT2D eigenvalue weighted by Gasteiger charge is -2.20. The van der Waals surface area contributed by atoms with Crippen LogP contribution in [-0.4, -0.2) is 22.0 Å². The molecular weight excluding hydrogens is 332 g/mol. The van der Waals surface area contributed by atoms with Gasteiger partial charge in [0.05, 0.1) is 17.7 Å². The highest BCUT2D eigenvalue weighted by Crippen LogP contribution is 2.19. The number of hydrogen-bond donors (Lipinski definition) is 2. The van der Waals surface area contributed by atoms with Crippen molar-refractivity contribution in [3.8, 4) is 0 Å². The monoisotopic (exact) mass is 348 g/mol. The Kier molecular flexibility index (Phi) is 5.09. The van der Waals surface area contributed by atoms with Crippen molar-refractivity contribution in [2.24, 2.45) is 0 Å². The number of halogens is 1. The number of aryl methyl sites for hydroxylation is 1. The molecule has 0 spiro atoms. The maximum atomic E-state index is 12.1. The van der Waals surface area contributed by atoms with E-state index in [0.717, 1.165) is 15.7 Å². The molecule has 1 heterocycles. The Morgan fingerprint density at radius 1 is 1.24 bits per heavy atom. The van der Waals surface area contributed by atoms with Crippen LogP contribution in [0.1, 0.15) is 34.6 Å². The van der Waals surface area contributed by atoms with E-state index in [1.807, 2.05) is 31.2 Å². The Hall–Kier alpha value is -1.72. The molecule has 4 nitrogen and oxygen atoms in total. The molecule has 0 saturated heterocycles. The molecule has 0 aliphatic rings. The van der Waals surface area contributed by atoms with Crippen LogP contribution in [0.2, 0.25) is 0 Å². The molecule has 5 heteroatoms. The minimum absolute atomic E-state index is 0.244. The number of benzene rings is 1.